The lowest BCUT2D eigenvalue weighted by atomic mass is 9.82. The van der Waals surface area contributed by atoms with Gasteiger partial charge in [0.15, 0.2) is 5.75 Å². The average molecular weight is 250 g/mol. The molecule has 0 fully saturated rings. The maximum absolute atomic E-state index is 10.7. The Kier molecular flexibility index (Phi) is 4.20. The molecule has 0 amide bonds. The molecule has 1 aromatic rings. The first-order chi connectivity index (χ1) is 8.70. The molecule has 0 bridgehead atoms. The molecule has 1 atom stereocenters. The summed E-state index contributed by atoms with van der Waals surface area (Å²) in [6.07, 6.45) is 3.73. The summed E-state index contributed by atoms with van der Waals surface area (Å²) >= 11 is 0. The highest BCUT2D eigenvalue weighted by Gasteiger charge is 2.21. The molecule has 0 spiro atoms. The SMILES string of the molecule is CC(=O)OOc1cccc2c1CCC(CCO)C2. The lowest BCUT2D eigenvalue weighted by molar-refractivity contribution is -0.211. The summed E-state index contributed by atoms with van der Waals surface area (Å²) in [6.45, 7) is 1.55. The van der Waals surface area contributed by atoms with Gasteiger partial charge >= 0.3 is 5.97 Å². The van der Waals surface area contributed by atoms with Crippen molar-refractivity contribution >= 4 is 5.97 Å². The quantitative estimate of drug-likeness (QED) is 0.656. The lowest BCUT2D eigenvalue weighted by Gasteiger charge is -2.25. The number of rotatable bonds is 4. The second kappa shape index (κ2) is 5.87. The van der Waals surface area contributed by atoms with Crippen molar-refractivity contribution in [1.82, 2.24) is 0 Å². The largest absolute Gasteiger partial charge is 0.396 e. The summed E-state index contributed by atoms with van der Waals surface area (Å²) < 4.78 is 0. The molecular formula is C14H18O4. The lowest BCUT2D eigenvalue weighted by Crippen LogP contribution is -2.16. The Balaban J connectivity index is 2.11. The zero-order chi connectivity index (χ0) is 13.0. The summed E-state index contributed by atoms with van der Waals surface area (Å²) in [5, 5.41) is 8.98. The molecule has 4 nitrogen and oxygen atoms in total. The van der Waals surface area contributed by atoms with Crippen LogP contribution in [0.1, 0.15) is 30.9 Å². The first-order valence-corrected chi connectivity index (χ1v) is 6.27. The number of hydrogen-bond donors (Lipinski definition) is 1. The van der Waals surface area contributed by atoms with Crippen LogP contribution in [0.15, 0.2) is 18.2 Å². The summed E-state index contributed by atoms with van der Waals surface area (Å²) in [5.41, 5.74) is 2.34. The van der Waals surface area contributed by atoms with Gasteiger partial charge in [0.25, 0.3) is 0 Å². The third-order valence-corrected chi connectivity index (χ3v) is 3.33. The van der Waals surface area contributed by atoms with Crippen molar-refractivity contribution in [3.05, 3.63) is 29.3 Å². The number of benzene rings is 1. The minimum atomic E-state index is -0.457. The Morgan fingerprint density at radius 1 is 1.50 bits per heavy atom. The fourth-order valence-electron chi connectivity index (χ4n) is 2.46. The zero-order valence-electron chi connectivity index (χ0n) is 10.5. The minimum absolute atomic E-state index is 0.240. The number of hydrogen-bond acceptors (Lipinski definition) is 4. The van der Waals surface area contributed by atoms with E-state index in [0.29, 0.717) is 11.7 Å². The molecule has 98 valence electrons. The van der Waals surface area contributed by atoms with Gasteiger partial charge in [-0.3, -0.25) is 9.78 Å². The van der Waals surface area contributed by atoms with Gasteiger partial charge in [-0.05, 0) is 43.2 Å². The highest BCUT2D eigenvalue weighted by molar-refractivity contribution is 5.65. The first kappa shape index (κ1) is 12.9. The molecule has 1 aromatic carbocycles. The Morgan fingerprint density at radius 2 is 2.33 bits per heavy atom. The van der Waals surface area contributed by atoms with Gasteiger partial charge in [0.2, 0.25) is 0 Å². The van der Waals surface area contributed by atoms with E-state index in [4.69, 9.17) is 9.99 Å². The molecule has 18 heavy (non-hydrogen) atoms. The molecule has 2 rings (SSSR count). The van der Waals surface area contributed by atoms with E-state index in [1.54, 1.807) is 0 Å². The maximum Gasteiger partial charge on any atom is 0.352 e. The van der Waals surface area contributed by atoms with Crippen molar-refractivity contribution in [2.75, 3.05) is 6.61 Å². The van der Waals surface area contributed by atoms with Crippen LogP contribution in [-0.4, -0.2) is 17.7 Å². The number of aliphatic hydroxyl groups is 1. The van der Waals surface area contributed by atoms with Gasteiger partial charge in [-0.25, -0.2) is 4.79 Å². The second-order valence-electron chi connectivity index (χ2n) is 4.67. The van der Waals surface area contributed by atoms with Crippen LogP contribution >= 0.6 is 0 Å². The molecule has 1 unspecified atom stereocenters. The average Bonchev–Trinajstić information content (AvgIpc) is 2.36. The van der Waals surface area contributed by atoms with Crippen molar-refractivity contribution in [3.63, 3.8) is 0 Å². The summed E-state index contributed by atoms with van der Waals surface area (Å²) in [4.78, 5) is 20.4. The van der Waals surface area contributed by atoms with Gasteiger partial charge in [0.1, 0.15) is 0 Å². The van der Waals surface area contributed by atoms with Gasteiger partial charge in [-0.1, -0.05) is 12.1 Å². The van der Waals surface area contributed by atoms with Crippen molar-refractivity contribution in [3.8, 4) is 5.75 Å². The van der Waals surface area contributed by atoms with Crippen molar-refractivity contribution in [1.29, 1.82) is 0 Å². The van der Waals surface area contributed by atoms with Crippen LogP contribution in [0.4, 0.5) is 0 Å². The standard InChI is InChI=1S/C14H18O4/c1-10(16)17-18-14-4-2-3-12-9-11(7-8-15)5-6-13(12)14/h2-4,11,15H,5-9H2,1H3. The Bertz CT molecular complexity index is 428. The Hall–Kier alpha value is -1.55. The van der Waals surface area contributed by atoms with Crippen LogP contribution < -0.4 is 4.89 Å². The van der Waals surface area contributed by atoms with E-state index in [1.807, 2.05) is 12.1 Å². The highest BCUT2D eigenvalue weighted by Crippen LogP contribution is 2.33. The zero-order valence-corrected chi connectivity index (χ0v) is 10.5. The Morgan fingerprint density at radius 3 is 3.06 bits per heavy atom. The minimum Gasteiger partial charge on any atom is -0.396 e. The molecule has 0 radical (unpaired) electrons. The van der Waals surface area contributed by atoms with E-state index in [-0.39, 0.29) is 6.61 Å². The number of aliphatic hydroxyl groups excluding tert-OH is 1. The van der Waals surface area contributed by atoms with E-state index in [0.717, 1.165) is 31.2 Å². The maximum atomic E-state index is 10.7. The molecule has 0 saturated carbocycles. The second-order valence-corrected chi connectivity index (χ2v) is 4.67. The predicted molar refractivity (Wildman–Crippen MR) is 66.1 cm³/mol. The van der Waals surface area contributed by atoms with Crippen LogP contribution in [0.2, 0.25) is 0 Å². The molecule has 1 aliphatic rings. The molecular weight excluding hydrogens is 232 g/mol. The number of fused-ring (bicyclic) bond motifs is 1. The van der Waals surface area contributed by atoms with Gasteiger partial charge in [0.05, 0.1) is 0 Å². The summed E-state index contributed by atoms with van der Waals surface area (Å²) in [6, 6.07) is 5.78. The summed E-state index contributed by atoms with van der Waals surface area (Å²) in [7, 11) is 0. The fourth-order valence-corrected chi connectivity index (χ4v) is 2.46. The third-order valence-electron chi connectivity index (χ3n) is 3.33. The van der Waals surface area contributed by atoms with Gasteiger partial charge < -0.3 is 5.11 Å². The van der Waals surface area contributed by atoms with E-state index in [2.05, 4.69) is 11.0 Å². The molecule has 1 N–H and O–H groups in total. The van der Waals surface area contributed by atoms with E-state index >= 15 is 0 Å². The van der Waals surface area contributed by atoms with Crippen LogP contribution in [0, 0.1) is 5.92 Å². The fraction of sp³-hybridized carbons (Fsp3) is 0.500. The van der Waals surface area contributed by atoms with E-state index in [1.165, 1.54) is 12.5 Å². The van der Waals surface area contributed by atoms with Gasteiger partial charge in [-0.15, -0.1) is 0 Å². The van der Waals surface area contributed by atoms with E-state index in [9.17, 15) is 4.79 Å². The molecule has 4 heteroatoms. The molecule has 1 aliphatic carbocycles. The van der Waals surface area contributed by atoms with Crippen LogP contribution in [0.25, 0.3) is 0 Å². The van der Waals surface area contributed by atoms with E-state index < -0.39 is 5.97 Å². The van der Waals surface area contributed by atoms with Crippen molar-refractivity contribution in [2.45, 2.75) is 32.6 Å². The van der Waals surface area contributed by atoms with Gasteiger partial charge in [-0.2, -0.15) is 0 Å². The van der Waals surface area contributed by atoms with Crippen LogP contribution in [0.5, 0.6) is 5.75 Å². The first-order valence-electron chi connectivity index (χ1n) is 6.27. The monoisotopic (exact) mass is 250 g/mol. The number of carbonyl (C=O) groups is 1. The molecule has 0 aromatic heterocycles. The van der Waals surface area contributed by atoms with Gasteiger partial charge in [0, 0.05) is 19.1 Å². The topological polar surface area (TPSA) is 55.8 Å². The Labute approximate surface area is 106 Å². The van der Waals surface area contributed by atoms with Crippen molar-refractivity contribution in [2.24, 2.45) is 5.92 Å². The molecule has 0 saturated heterocycles. The smallest absolute Gasteiger partial charge is 0.352 e. The van der Waals surface area contributed by atoms with Crippen molar-refractivity contribution < 1.29 is 19.7 Å². The normalized spacial score (nSPS) is 18.0. The molecule has 0 aliphatic heterocycles. The summed E-state index contributed by atoms with van der Waals surface area (Å²) in [5.74, 6) is 0.707. The molecule has 0 heterocycles. The predicted octanol–water partition coefficient (Wildman–Crippen LogP) is 2.03. The highest BCUT2D eigenvalue weighted by atomic mass is 17.2. The van der Waals surface area contributed by atoms with Crippen LogP contribution in [-0.2, 0) is 22.5 Å². The van der Waals surface area contributed by atoms with Crippen LogP contribution in [0.3, 0.4) is 0 Å². The third kappa shape index (κ3) is 3.01. The number of carbonyl (C=O) groups excluding carboxylic acids is 1.